The van der Waals surface area contributed by atoms with Crippen LogP contribution in [0.15, 0.2) is 18.2 Å². The summed E-state index contributed by atoms with van der Waals surface area (Å²) >= 11 is 0. The van der Waals surface area contributed by atoms with Crippen molar-refractivity contribution in [2.24, 2.45) is 0 Å². The summed E-state index contributed by atoms with van der Waals surface area (Å²) in [6.45, 7) is 7.83. The molecule has 4 N–H and O–H groups in total. The van der Waals surface area contributed by atoms with Crippen molar-refractivity contribution < 1.29 is 9.90 Å². The summed E-state index contributed by atoms with van der Waals surface area (Å²) in [6, 6.07) is 4.51. The minimum Gasteiger partial charge on any atom is -0.507 e. The number of nitrogen functional groups attached to an aromatic ring is 1. The minimum atomic E-state index is -0.267. The second-order valence-corrected chi connectivity index (χ2v) is 4.41. The first-order valence-corrected chi connectivity index (χ1v) is 6.67. The molecule has 1 aromatic carbocycles. The summed E-state index contributed by atoms with van der Waals surface area (Å²) in [5.41, 5.74) is 6.22. The molecule has 5 nitrogen and oxygen atoms in total. The van der Waals surface area contributed by atoms with E-state index < -0.39 is 0 Å². The van der Waals surface area contributed by atoms with Gasteiger partial charge in [-0.25, -0.2) is 0 Å². The molecule has 0 aliphatic rings. The van der Waals surface area contributed by atoms with E-state index in [0.717, 1.165) is 26.1 Å². The molecular formula is C14H23N3O2. The first-order chi connectivity index (χ1) is 9.08. The van der Waals surface area contributed by atoms with Crippen molar-refractivity contribution in [3.8, 4) is 5.75 Å². The van der Waals surface area contributed by atoms with Gasteiger partial charge in [-0.05, 0) is 38.2 Å². The first-order valence-electron chi connectivity index (χ1n) is 6.67. The molecule has 5 heteroatoms. The first kappa shape index (κ1) is 15.3. The standard InChI is InChI=1S/C14H23N3O2/c1-3-17(4-2)9-5-8-16-14(19)12-7-6-11(15)10-13(12)18/h6-7,10,18H,3-5,8-9,15H2,1-2H3,(H,16,19). The molecule has 1 amide bonds. The molecule has 0 saturated heterocycles. The third kappa shape index (κ3) is 4.79. The molecule has 0 heterocycles. The number of hydrogen-bond donors (Lipinski definition) is 3. The molecule has 0 saturated carbocycles. The van der Waals surface area contributed by atoms with Gasteiger partial charge in [0.05, 0.1) is 5.56 Å². The lowest BCUT2D eigenvalue weighted by molar-refractivity contribution is 0.0949. The lowest BCUT2D eigenvalue weighted by Gasteiger charge is -2.17. The number of rotatable bonds is 7. The van der Waals surface area contributed by atoms with Gasteiger partial charge in [0.25, 0.3) is 5.91 Å². The van der Waals surface area contributed by atoms with Crippen LogP contribution in [0.25, 0.3) is 0 Å². The molecule has 0 bridgehead atoms. The van der Waals surface area contributed by atoms with Crippen molar-refractivity contribution in [3.63, 3.8) is 0 Å². The Kier molecular flexibility index (Phi) is 6.15. The molecule has 0 aliphatic heterocycles. The van der Waals surface area contributed by atoms with Crippen molar-refractivity contribution in [2.75, 3.05) is 31.9 Å². The van der Waals surface area contributed by atoms with E-state index in [-0.39, 0.29) is 17.2 Å². The highest BCUT2D eigenvalue weighted by Crippen LogP contribution is 2.19. The topological polar surface area (TPSA) is 78.6 Å². The summed E-state index contributed by atoms with van der Waals surface area (Å²) in [6.07, 6.45) is 0.892. The van der Waals surface area contributed by atoms with E-state index in [4.69, 9.17) is 5.73 Å². The van der Waals surface area contributed by atoms with Crippen molar-refractivity contribution in [2.45, 2.75) is 20.3 Å². The van der Waals surface area contributed by atoms with Crippen LogP contribution in [0.3, 0.4) is 0 Å². The number of aromatic hydroxyl groups is 1. The molecule has 1 aromatic rings. The molecule has 0 atom stereocenters. The van der Waals surface area contributed by atoms with Gasteiger partial charge in [0.2, 0.25) is 0 Å². The zero-order valence-corrected chi connectivity index (χ0v) is 11.6. The number of amides is 1. The SMILES string of the molecule is CCN(CC)CCCNC(=O)c1ccc(N)cc1O. The number of phenols is 1. The van der Waals surface area contributed by atoms with E-state index in [1.54, 1.807) is 6.07 Å². The fourth-order valence-electron chi connectivity index (χ4n) is 1.88. The van der Waals surface area contributed by atoms with Gasteiger partial charge in [-0.1, -0.05) is 13.8 Å². The third-order valence-electron chi connectivity index (χ3n) is 3.10. The highest BCUT2D eigenvalue weighted by molar-refractivity contribution is 5.97. The average molecular weight is 265 g/mol. The number of nitrogens with one attached hydrogen (secondary N) is 1. The Hall–Kier alpha value is -1.75. The van der Waals surface area contributed by atoms with Crippen LogP contribution < -0.4 is 11.1 Å². The van der Waals surface area contributed by atoms with Crippen LogP contribution in [0.4, 0.5) is 5.69 Å². The summed E-state index contributed by atoms with van der Waals surface area (Å²) < 4.78 is 0. The quantitative estimate of drug-likeness (QED) is 0.515. The third-order valence-corrected chi connectivity index (χ3v) is 3.10. The molecule has 106 valence electrons. The number of phenolic OH excluding ortho intramolecular Hbond substituents is 1. The lowest BCUT2D eigenvalue weighted by atomic mass is 10.1. The molecule has 0 aliphatic carbocycles. The van der Waals surface area contributed by atoms with Crippen LogP contribution in [0.2, 0.25) is 0 Å². The maximum atomic E-state index is 11.8. The van der Waals surface area contributed by atoms with Crippen LogP contribution in [-0.2, 0) is 0 Å². The number of hydrogen-bond acceptors (Lipinski definition) is 4. The molecule has 19 heavy (non-hydrogen) atoms. The predicted octanol–water partition coefficient (Wildman–Crippen LogP) is 1.44. The van der Waals surface area contributed by atoms with E-state index in [1.807, 2.05) is 0 Å². The second-order valence-electron chi connectivity index (χ2n) is 4.41. The van der Waals surface area contributed by atoms with E-state index in [2.05, 4.69) is 24.1 Å². The smallest absolute Gasteiger partial charge is 0.255 e. The number of carbonyl (C=O) groups is 1. The van der Waals surface area contributed by atoms with Crippen molar-refractivity contribution in [1.82, 2.24) is 10.2 Å². The van der Waals surface area contributed by atoms with Gasteiger partial charge in [0.15, 0.2) is 0 Å². The van der Waals surface area contributed by atoms with Crippen LogP contribution in [-0.4, -0.2) is 42.1 Å². The Morgan fingerprint density at radius 1 is 1.37 bits per heavy atom. The number of nitrogens with two attached hydrogens (primary N) is 1. The van der Waals surface area contributed by atoms with E-state index in [9.17, 15) is 9.90 Å². The molecule has 0 spiro atoms. The van der Waals surface area contributed by atoms with Crippen LogP contribution in [0, 0.1) is 0 Å². The van der Waals surface area contributed by atoms with Crippen molar-refractivity contribution in [3.05, 3.63) is 23.8 Å². The second kappa shape index (κ2) is 7.63. The molecule has 0 unspecified atom stereocenters. The summed E-state index contributed by atoms with van der Waals surface area (Å²) in [4.78, 5) is 14.1. The van der Waals surface area contributed by atoms with E-state index >= 15 is 0 Å². The molecule has 0 radical (unpaired) electrons. The number of nitrogens with zero attached hydrogens (tertiary/aromatic N) is 1. The van der Waals surface area contributed by atoms with Gasteiger partial charge in [-0.15, -0.1) is 0 Å². The van der Waals surface area contributed by atoms with Gasteiger partial charge in [0, 0.05) is 18.3 Å². The number of benzene rings is 1. The maximum absolute atomic E-state index is 11.8. The van der Waals surface area contributed by atoms with Gasteiger partial charge in [0.1, 0.15) is 5.75 Å². The largest absolute Gasteiger partial charge is 0.507 e. The summed E-state index contributed by atoms with van der Waals surface area (Å²) in [5, 5.41) is 12.4. The van der Waals surface area contributed by atoms with Crippen molar-refractivity contribution in [1.29, 1.82) is 0 Å². The minimum absolute atomic E-state index is 0.0822. The monoisotopic (exact) mass is 265 g/mol. The highest BCUT2D eigenvalue weighted by atomic mass is 16.3. The van der Waals surface area contributed by atoms with Crippen LogP contribution in [0.5, 0.6) is 5.75 Å². The van der Waals surface area contributed by atoms with Gasteiger partial charge >= 0.3 is 0 Å². The van der Waals surface area contributed by atoms with E-state index in [0.29, 0.717) is 12.2 Å². The Balaban J connectivity index is 2.39. The van der Waals surface area contributed by atoms with Gasteiger partial charge in [-0.2, -0.15) is 0 Å². The Bertz CT molecular complexity index is 417. The zero-order valence-electron chi connectivity index (χ0n) is 11.6. The molecule has 0 fully saturated rings. The van der Waals surface area contributed by atoms with Crippen molar-refractivity contribution >= 4 is 11.6 Å². The predicted molar refractivity (Wildman–Crippen MR) is 77.3 cm³/mol. The number of carbonyl (C=O) groups excluding carboxylic acids is 1. The highest BCUT2D eigenvalue weighted by Gasteiger charge is 2.10. The fourth-order valence-corrected chi connectivity index (χ4v) is 1.88. The van der Waals surface area contributed by atoms with Gasteiger partial charge in [-0.3, -0.25) is 4.79 Å². The summed E-state index contributed by atoms with van der Waals surface area (Å²) in [7, 11) is 0. The Morgan fingerprint density at radius 2 is 2.05 bits per heavy atom. The lowest BCUT2D eigenvalue weighted by Crippen LogP contribution is -2.29. The van der Waals surface area contributed by atoms with Gasteiger partial charge < -0.3 is 21.1 Å². The Labute approximate surface area is 114 Å². The maximum Gasteiger partial charge on any atom is 0.255 e. The van der Waals surface area contributed by atoms with E-state index in [1.165, 1.54) is 12.1 Å². The fraction of sp³-hybridized carbons (Fsp3) is 0.500. The van der Waals surface area contributed by atoms with Crippen LogP contribution >= 0.6 is 0 Å². The zero-order chi connectivity index (χ0) is 14.3. The summed E-state index contributed by atoms with van der Waals surface area (Å²) in [5.74, 6) is -0.349. The molecular weight excluding hydrogens is 242 g/mol. The average Bonchev–Trinajstić information content (AvgIpc) is 2.38. The Morgan fingerprint density at radius 3 is 2.63 bits per heavy atom. The number of anilines is 1. The normalized spacial score (nSPS) is 10.7. The van der Waals surface area contributed by atoms with Crippen LogP contribution in [0.1, 0.15) is 30.6 Å². The molecule has 1 rings (SSSR count). The molecule has 0 aromatic heterocycles.